The first-order valence-corrected chi connectivity index (χ1v) is 6.52. The molecule has 0 aliphatic rings. The highest BCUT2D eigenvalue weighted by Gasteiger charge is 2.17. The van der Waals surface area contributed by atoms with E-state index in [1.807, 2.05) is 0 Å². The summed E-state index contributed by atoms with van der Waals surface area (Å²) in [4.78, 5) is 20.0. The van der Waals surface area contributed by atoms with Gasteiger partial charge in [-0.25, -0.2) is 14.8 Å². The van der Waals surface area contributed by atoms with Crippen LogP contribution in [0.5, 0.6) is 0 Å². The predicted molar refractivity (Wildman–Crippen MR) is 81.7 cm³/mol. The third-order valence-electron chi connectivity index (χ3n) is 2.51. The van der Waals surface area contributed by atoms with Crippen molar-refractivity contribution in [2.75, 3.05) is 11.1 Å². The summed E-state index contributed by atoms with van der Waals surface area (Å²) in [5.41, 5.74) is 7.08. The molecule has 2 rings (SSSR count). The molecule has 1 aromatic heterocycles. The summed E-state index contributed by atoms with van der Waals surface area (Å²) < 4.78 is 5.18. The van der Waals surface area contributed by atoms with Crippen LogP contribution in [-0.4, -0.2) is 21.7 Å². The van der Waals surface area contributed by atoms with Crippen LogP contribution in [0, 0.1) is 0 Å². The van der Waals surface area contributed by atoms with Crippen molar-refractivity contribution in [1.29, 1.82) is 0 Å². The molecule has 0 saturated carbocycles. The van der Waals surface area contributed by atoms with Gasteiger partial charge in [-0.15, -0.1) is 0 Å². The molecule has 1 heterocycles. The second-order valence-corrected chi connectivity index (χ2v) is 5.50. The molecule has 0 aliphatic carbocycles. The molecule has 0 aliphatic heterocycles. The van der Waals surface area contributed by atoms with E-state index in [2.05, 4.69) is 15.3 Å². The van der Waals surface area contributed by atoms with Crippen LogP contribution in [0.15, 0.2) is 36.7 Å². The van der Waals surface area contributed by atoms with Gasteiger partial charge < -0.3 is 10.5 Å². The Morgan fingerprint density at radius 3 is 2.48 bits per heavy atom. The number of nitrogens with zero attached hydrogens (tertiary/aromatic N) is 2. The highest BCUT2D eigenvalue weighted by molar-refractivity contribution is 5.90. The fourth-order valence-corrected chi connectivity index (χ4v) is 1.68. The number of nitrogens with two attached hydrogens (primary N) is 1. The van der Waals surface area contributed by atoms with E-state index in [0.717, 1.165) is 5.56 Å². The quantitative estimate of drug-likeness (QED) is 0.828. The van der Waals surface area contributed by atoms with Crippen molar-refractivity contribution >= 4 is 17.5 Å². The molecule has 0 bridgehead atoms. The smallest absolute Gasteiger partial charge is 0.412 e. The van der Waals surface area contributed by atoms with E-state index in [1.54, 1.807) is 57.4 Å². The number of benzene rings is 1. The third kappa shape index (κ3) is 4.17. The first-order chi connectivity index (χ1) is 9.85. The van der Waals surface area contributed by atoms with E-state index in [0.29, 0.717) is 17.2 Å². The average Bonchev–Trinajstić information content (AvgIpc) is 2.40. The van der Waals surface area contributed by atoms with Crippen molar-refractivity contribution in [2.45, 2.75) is 26.4 Å². The summed E-state index contributed by atoms with van der Waals surface area (Å²) in [5, 5.41) is 2.62. The SMILES string of the molecule is CC(C)(C)OC(=O)Nc1ccc(-c2ncccn2)cc1N. The molecule has 0 radical (unpaired) electrons. The first-order valence-electron chi connectivity index (χ1n) is 6.52. The number of hydrogen-bond donors (Lipinski definition) is 2. The highest BCUT2D eigenvalue weighted by Crippen LogP contribution is 2.25. The molecular formula is C15H18N4O2. The zero-order valence-electron chi connectivity index (χ0n) is 12.3. The average molecular weight is 286 g/mol. The Morgan fingerprint density at radius 1 is 1.24 bits per heavy atom. The Balaban J connectivity index is 2.15. The van der Waals surface area contributed by atoms with Crippen LogP contribution >= 0.6 is 0 Å². The summed E-state index contributed by atoms with van der Waals surface area (Å²) in [7, 11) is 0. The zero-order chi connectivity index (χ0) is 15.5. The van der Waals surface area contributed by atoms with E-state index in [-0.39, 0.29) is 0 Å². The van der Waals surface area contributed by atoms with Crippen molar-refractivity contribution in [2.24, 2.45) is 0 Å². The van der Waals surface area contributed by atoms with Gasteiger partial charge in [0.1, 0.15) is 5.60 Å². The van der Waals surface area contributed by atoms with Crippen LogP contribution in [0.25, 0.3) is 11.4 Å². The maximum atomic E-state index is 11.7. The molecule has 0 saturated heterocycles. The fraction of sp³-hybridized carbons (Fsp3) is 0.267. The number of carbonyl (C=O) groups excluding carboxylic acids is 1. The molecule has 0 atom stereocenters. The van der Waals surface area contributed by atoms with Gasteiger partial charge in [0.2, 0.25) is 0 Å². The topological polar surface area (TPSA) is 90.1 Å². The largest absolute Gasteiger partial charge is 0.444 e. The number of anilines is 2. The molecule has 6 nitrogen and oxygen atoms in total. The first kappa shape index (κ1) is 14.8. The lowest BCUT2D eigenvalue weighted by atomic mass is 10.1. The Kier molecular flexibility index (Phi) is 4.07. The van der Waals surface area contributed by atoms with Crippen LogP contribution in [0.4, 0.5) is 16.2 Å². The van der Waals surface area contributed by atoms with Gasteiger partial charge in [-0.1, -0.05) is 0 Å². The summed E-state index contributed by atoms with van der Waals surface area (Å²) in [6.07, 6.45) is 2.77. The lowest BCUT2D eigenvalue weighted by Crippen LogP contribution is -2.27. The van der Waals surface area contributed by atoms with Crippen LogP contribution in [0.2, 0.25) is 0 Å². The third-order valence-corrected chi connectivity index (χ3v) is 2.51. The van der Waals surface area contributed by atoms with E-state index >= 15 is 0 Å². The minimum absolute atomic E-state index is 0.422. The number of amides is 1. The summed E-state index contributed by atoms with van der Waals surface area (Å²) in [6.45, 7) is 5.39. The normalized spacial score (nSPS) is 11.0. The molecule has 0 spiro atoms. The summed E-state index contributed by atoms with van der Waals surface area (Å²) in [5.74, 6) is 0.577. The van der Waals surface area contributed by atoms with Crippen molar-refractivity contribution in [3.8, 4) is 11.4 Å². The van der Waals surface area contributed by atoms with Crippen molar-refractivity contribution in [3.05, 3.63) is 36.7 Å². The Morgan fingerprint density at radius 2 is 1.90 bits per heavy atom. The monoisotopic (exact) mass is 286 g/mol. The Hall–Kier alpha value is -2.63. The van der Waals surface area contributed by atoms with Gasteiger partial charge in [-0.3, -0.25) is 5.32 Å². The predicted octanol–water partition coefficient (Wildman–Crippen LogP) is 3.07. The zero-order valence-corrected chi connectivity index (χ0v) is 12.3. The van der Waals surface area contributed by atoms with E-state index < -0.39 is 11.7 Å². The molecule has 6 heteroatoms. The molecule has 2 aromatic rings. The number of ether oxygens (including phenoxy) is 1. The van der Waals surface area contributed by atoms with Crippen LogP contribution in [0.3, 0.4) is 0 Å². The molecule has 110 valence electrons. The molecule has 0 unspecified atom stereocenters. The van der Waals surface area contributed by atoms with Crippen LogP contribution < -0.4 is 11.1 Å². The number of aromatic nitrogens is 2. The highest BCUT2D eigenvalue weighted by atomic mass is 16.6. The van der Waals surface area contributed by atoms with E-state index in [1.165, 1.54) is 0 Å². The van der Waals surface area contributed by atoms with Crippen molar-refractivity contribution in [1.82, 2.24) is 9.97 Å². The second-order valence-electron chi connectivity index (χ2n) is 5.50. The van der Waals surface area contributed by atoms with Gasteiger partial charge in [0.05, 0.1) is 11.4 Å². The molecule has 1 amide bonds. The Bertz CT molecular complexity index is 636. The molecular weight excluding hydrogens is 268 g/mol. The van der Waals surface area contributed by atoms with Crippen molar-refractivity contribution < 1.29 is 9.53 Å². The number of carbonyl (C=O) groups is 1. The maximum absolute atomic E-state index is 11.7. The van der Waals surface area contributed by atoms with E-state index in [4.69, 9.17) is 10.5 Å². The van der Waals surface area contributed by atoms with Crippen molar-refractivity contribution in [3.63, 3.8) is 0 Å². The van der Waals surface area contributed by atoms with Gasteiger partial charge >= 0.3 is 6.09 Å². The van der Waals surface area contributed by atoms with Gasteiger partial charge in [0.15, 0.2) is 5.82 Å². The van der Waals surface area contributed by atoms with E-state index in [9.17, 15) is 4.79 Å². The number of rotatable bonds is 2. The minimum Gasteiger partial charge on any atom is -0.444 e. The fourth-order valence-electron chi connectivity index (χ4n) is 1.68. The maximum Gasteiger partial charge on any atom is 0.412 e. The summed E-state index contributed by atoms with van der Waals surface area (Å²) in [6, 6.07) is 6.94. The summed E-state index contributed by atoms with van der Waals surface area (Å²) >= 11 is 0. The molecule has 3 N–H and O–H groups in total. The van der Waals surface area contributed by atoms with Crippen LogP contribution in [0.1, 0.15) is 20.8 Å². The van der Waals surface area contributed by atoms with Gasteiger partial charge in [-0.2, -0.15) is 0 Å². The second kappa shape index (κ2) is 5.78. The van der Waals surface area contributed by atoms with Gasteiger partial charge in [0.25, 0.3) is 0 Å². The lowest BCUT2D eigenvalue weighted by molar-refractivity contribution is 0.0636. The standard InChI is InChI=1S/C15H18N4O2/c1-15(2,3)21-14(20)19-12-6-5-10(9-11(12)16)13-17-7-4-8-18-13/h4-9H,16H2,1-3H3,(H,19,20). The van der Waals surface area contributed by atoms with Gasteiger partial charge in [0, 0.05) is 18.0 Å². The Labute approximate surface area is 123 Å². The number of hydrogen-bond acceptors (Lipinski definition) is 5. The molecule has 1 aromatic carbocycles. The number of nitrogen functional groups attached to an aromatic ring is 1. The minimum atomic E-state index is -0.559. The number of nitrogens with one attached hydrogen (secondary N) is 1. The molecule has 21 heavy (non-hydrogen) atoms. The lowest BCUT2D eigenvalue weighted by Gasteiger charge is -2.20. The van der Waals surface area contributed by atoms with Gasteiger partial charge in [-0.05, 0) is 45.0 Å². The van der Waals surface area contributed by atoms with Crippen LogP contribution in [-0.2, 0) is 4.74 Å². The molecule has 0 fully saturated rings.